The number of nitrogens with zero attached hydrogens (tertiary/aromatic N) is 1. The molecule has 0 aromatic carbocycles. The van der Waals surface area contributed by atoms with Gasteiger partial charge in [0, 0.05) is 26.1 Å². The summed E-state index contributed by atoms with van der Waals surface area (Å²) < 4.78 is 5.65. The first kappa shape index (κ1) is 10.9. The first-order chi connectivity index (χ1) is 7.35. The molecule has 1 heterocycles. The molecule has 15 heavy (non-hydrogen) atoms. The van der Waals surface area contributed by atoms with E-state index >= 15 is 0 Å². The van der Waals surface area contributed by atoms with E-state index in [-0.39, 0.29) is 0 Å². The third-order valence-electron chi connectivity index (χ3n) is 3.56. The average Bonchev–Trinajstić information content (AvgIpc) is 3.00. The second kappa shape index (κ2) is 4.96. The molecule has 2 aliphatic rings. The number of rotatable bonds is 5. The van der Waals surface area contributed by atoms with Gasteiger partial charge in [0.2, 0.25) is 0 Å². The lowest BCUT2D eigenvalue weighted by Crippen LogP contribution is -2.34. The fourth-order valence-corrected chi connectivity index (χ4v) is 2.23. The van der Waals surface area contributed by atoms with E-state index in [0.717, 1.165) is 19.7 Å². The maximum absolute atomic E-state index is 8.69. The van der Waals surface area contributed by atoms with Gasteiger partial charge in [0.1, 0.15) is 0 Å². The van der Waals surface area contributed by atoms with Gasteiger partial charge >= 0.3 is 0 Å². The topological polar surface area (TPSA) is 45.0 Å². The van der Waals surface area contributed by atoms with Crippen molar-refractivity contribution < 1.29 is 4.74 Å². The zero-order valence-corrected chi connectivity index (χ0v) is 9.30. The molecule has 0 bridgehead atoms. The number of nitriles is 1. The van der Waals surface area contributed by atoms with Crippen LogP contribution in [-0.2, 0) is 4.74 Å². The minimum atomic E-state index is 0.323. The molecular formula is C12H20N2O. The van der Waals surface area contributed by atoms with Crippen LogP contribution < -0.4 is 5.32 Å². The van der Waals surface area contributed by atoms with E-state index in [1.165, 1.54) is 32.1 Å². The van der Waals surface area contributed by atoms with Crippen LogP contribution in [0.25, 0.3) is 0 Å². The van der Waals surface area contributed by atoms with Gasteiger partial charge in [-0.2, -0.15) is 5.26 Å². The van der Waals surface area contributed by atoms with Gasteiger partial charge in [0.15, 0.2) is 0 Å². The van der Waals surface area contributed by atoms with E-state index in [2.05, 4.69) is 11.4 Å². The van der Waals surface area contributed by atoms with Crippen LogP contribution in [0.15, 0.2) is 0 Å². The molecule has 0 spiro atoms. The third-order valence-corrected chi connectivity index (χ3v) is 3.56. The molecule has 3 nitrogen and oxygen atoms in total. The smallest absolute Gasteiger partial charge is 0.0699 e. The summed E-state index contributed by atoms with van der Waals surface area (Å²) in [4.78, 5) is 0. The minimum absolute atomic E-state index is 0.323. The highest BCUT2D eigenvalue weighted by Gasteiger charge is 2.41. The van der Waals surface area contributed by atoms with E-state index in [4.69, 9.17) is 10.00 Å². The van der Waals surface area contributed by atoms with Crippen molar-refractivity contribution in [2.24, 2.45) is 5.41 Å². The van der Waals surface area contributed by atoms with Crippen LogP contribution in [0.5, 0.6) is 0 Å². The van der Waals surface area contributed by atoms with Crippen molar-refractivity contribution in [1.82, 2.24) is 5.32 Å². The van der Waals surface area contributed by atoms with Gasteiger partial charge in [-0.1, -0.05) is 0 Å². The van der Waals surface area contributed by atoms with Crippen molar-refractivity contribution in [2.75, 3.05) is 19.7 Å². The van der Waals surface area contributed by atoms with Crippen LogP contribution in [0, 0.1) is 16.7 Å². The lowest BCUT2D eigenvalue weighted by molar-refractivity contribution is 0.0164. The molecular weight excluding hydrogens is 188 g/mol. The van der Waals surface area contributed by atoms with Crippen molar-refractivity contribution in [3.63, 3.8) is 0 Å². The van der Waals surface area contributed by atoms with Crippen molar-refractivity contribution in [3.05, 3.63) is 0 Å². The highest BCUT2D eigenvalue weighted by Crippen LogP contribution is 2.47. The Morgan fingerprint density at radius 2 is 2.27 bits per heavy atom. The number of hydrogen-bond donors (Lipinski definition) is 1. The Morgan fingerprint density at radius 1 is 1.40 bits per heavy atom. The summed E-state index contributed by atoms with van der Waals surface area (Å²) in [5.41, 5.74) is 0.323. The predicted octanol–water partition coefficient (Wildman–Crippen LogP) is 1.84. The number of ether oxygens (including phenoxy) is 1. The summed E-state index contributed by atoms with van der Waals surface area (Å²) in [5.74, 6) is 0. The van der Waals surface area contributed by atoms with E-state index in [0.29, 0.717) is 17.9 Å². The summed E-state index contributed by atoms with van der Waals surface area (Å²) >= 11 is 0. The fourth-order valence-electron chi connectivity index (χ4n) is 2.23. The van der Waals surface area contributed by atoms with Crippen LogP contribution in [0.3, 0.4) is 0 Å². The zero-order chi connectivity index (χ0) is 10.6. The molecule has 0 aromatic rings. The summed E-state index contributed by atoms with van der Waals surface area (Å²) in [6.45, 7) is 2.89. The molecule has 1 saturated carbocycles. The summed E-state index contributed by atoms with van der Waals surface area (Å²) in [6.07, 6.45) is 7.28. The first-order valence-corrected chi connectivity index (χ1v) is 6.04. The number of hydrogen-bond acceptors (Lipinski definition) is 3. The molecule has 0 aromatic heterocycles. The molecule has 2 fully saturated rings. The maximum Gasteiger partial charge on any atom is 0.0699 e. The first-order valence-electron chi connectivity index (χ1n) is 6.04. The molecule has 3 heteroatoms. The summed E-state index contributed by atoms with van der Waals surface area (Å²) in [6, 6.07) is 2.29. The van der Waals surface area contributed by atoms with Crippen LogP contribution in [-0.4, -0.2) is 25.8 Å². The van der Waals surface area contributed by atoms with Gasteiger partial charge in [-0.3, -0.25) is 0 Å². The average molecular weight is 208 g/mol. The van der Waals surface area contributed by atoms with E-state index in [9.17, 15) is 0 Å². The molecule has 1 aliphatic heterocycles. The molecule has 84 valence electrons. The van der Waals surface area contributed by atoms with Crippen molar-refractivity contribution in [3.8, 4) is 6.07 Å². The van der Waals surface area contributed by atoms with E-state index in [1.54, 1.807) is 0 Å². The van der Waals surface area contributed by atoms with Crippen LogP contribution in [0.4, 0.5) is 0 Å². The SMILES string of the molecule is N#CCC1(CNCC2CCCCO2)CC1. The Labute approximate surface area is 91.8 Å². The molecule has 0 radical (unpaired) electrons. The highest BCUT2D eigenvalue weighted by molar-refractivity contribution is 5.00. The lowest BCUT2D eigenvalue weighted by Gasteiger charge is -2.23. The molecule has 1 unspecified atom stereocenters. The third kappa shape index (κ3) is 3.19. The van der Waals surface area contributed by atoms with Gasteiger partial charge in [-0.15, -0.1) is 0 Å². The molecule has 1 N–H and O–H groups in total. The van der Waals surface area contributed by atoms with Crippen molar-refractivity contribution in [2.45, 2.75) is 44.6 Å². The van der Waals surface area contributed by atoms with Gasteiger partial charge in [0.05, 0.1) is 12.2 Å². The predicted molar refractivity (Wildman–Crippen MR) is 58.4 cm³/mol. The minimum Gasteiger partial charge on any atom is -0.377 e. The highest BCUT2D eigenvalue weighted by atomic mass is 16.5. The zero-order valence-electron chi connectivity index (χ0n) is 9.30. The molecule has 0 amide bonds. The van der Waals surface area contributed by atoms with Crippen LogP contribution >= 0.6 is 0 Å². The second-order valence-corrected chi connectivity index (χ2v) is 4.95. The monoisotopic (exact) mass is 208 g/mol. The van der Waals surface area contributed by atoms with Gasteiger partial charge < -0.3 is 10.1 Å². The Hall–Kier alpha value is -0.590. The second-order valence-electron chi connectivity index (χ2n) is 4.95. The molecule has 2 rings (SSSR count). The van der Waals surface area contributed by atoms with Gasteiger partial charge in [-0.05, 0) is 37.5 Å². The quantitative estimate of drug-likeness (QED) is 0.749. The van der Waals surface area contributed by atoms with Crippen LogP contribution in [0.1, 0.15) is 38.5 Å². The summed E-state index contributed by atoms with van der Waals surface area (Å²) in [7, 11) is 0. The van der Waals surface area contributed by atoms with Crippen molar-refractivity contribution >= 4 is 0 Å². The Kier molecular flexibility index (Phi) is 3.61. The standard InChI is InChI=1S/C12H20N2O/c13-7-6-12(4-5-12)10-14-9-11-3-1-2-8-15-11/h11,14H,1-6,8-10H2. The largest absolute Gasteiger partial charge is 0.377 e. The van der Waals surface area contributed by atoms with Gasteiger partial charge in [-0.25, -0.2) is 0 Å². The molecule has 1 saturated heterocycles. The normalized spacial score (nSPS) is 28.3. The molecule has 1 atom stereocenters. The van der Waals surface area contributed by atoms with Crippen molar-refractivity contribution in [1.29, 1.82) is 5.26 Å². The van der Waals surface area contributed by atoms with E-state index in [1.807, 2.05) is 0 Å². The molecule has 1 aliphatic carbocycles. The fraction of sp³-hybridized carbons (Fsp3) is 0.917. The van der Waals surface area contributed by atoms with Gasteiger partial charge in [0.25, 0.3) is 0 Å². The lowest BCUT2D eigenvalue weighted by atomic mass is 10.0. The Balaban J connectivity index is 1.60. The van der Waals surface area contributed by atoms with E-state index < -0.39 is 0 Å². The number of nitrogens with one attached hydrogen (secondary N) is 1. The summed E-state index contributed by atoms with van der Waals surface area (Å²) in [5, 5.41) is 12.2. The van der Waals surface area contributed by atoms with Crippen LogP contribution in [0.2, 0.25) is 0 Å². The Morgan fingerprint density at radius 3 is 2.87 bits per heavy atom. The Bertz CT molecular complexity index is 236. The maximum atomic E-state index is 8.69.